The first-order valence-electron chi connectivity index (χ1n) is 16.9. The summed E-state index contributed by atoms with van der Waals surface area (Å²) >= 11 is 0. The predicted octanol–water partition coefficient (Wildman–Crippen LogP) is 13.7. The van der Waals surface area contributed by atoms with Gasteiger partial charge >= 0.3 is 0 Å². The van der Waals surface area contributed by atoms with Crippen LogP contribution in [0.25, 0.3) is 98.8 Å². The molecule has 0 aliphatic rings. The van der Waals surface area contributed by atoms with Crippen LogP contribution in [0.5, 0.6) is 0 Å². The van der Waals surface area contributed by atoms with E-state index in [-0.39, 0.29) is 0 Å². The number of furan rings is 1. The Balaban J connectivity index is 1.29. The third-order valence-electron chi connectivity index (χ3n) is 10.1. The molecule has 0 aliphatic heterocycles. The molecule has 0 radical (unpaired) electrons. The van der Waals surface area contributed by atoms with E-state index in [1.165, 1.54) is 76.8 Å². The van der Waals surface area contributed by atoms with Crippen molar-refractivity contribution in [2.24, 2.45) is 0 Å². The molecule has 0 bridgehead atoms. The maximum atomic E-state index is 6.52. The Morgan fingerprint density at radius 2 is 0.776 bits per heavy atom. The average molecular weight is 623 g/mol. The monoisotopic (exact) mass is 622 g/mol. The Kier molecular flexibility index (Phi) is 6.25. The van der Waals surface area contributed by atoms with Gasteiger partial charge in [0.05, 0.1) is 0 Å². The molecule has 0 saturated heterocycles. The lowest BCUT2D eigenvalue weighted by Crippen LogP contribution is -1.92. The van der Waals surface area contributed by atoms with E-state index in [2.05, 4.69) is 182 Å². The van der Waals surface area contributed by atoms with Gasteiger partial charge in [-0.1, -0.05) is 164 Å². The molecule has 9 aromatic carbocycles. The lowest BCUT2D eigenvalue weighted by atomic mass is 9.83. The van der Waals surface area contributed by atoms with Crippen molar-refractivity contribution in [3.8, 4) is 44.5 Å². The molecule has 0 unspecified atom stereocenters. The Bertz CT molecular complexity index is 2800. The molecule has 1 heteroatoms. The number of hydrogen-bond acceptors (Lipinski definition) is 1. The Labute approximate surface area is 284 Å². The third kappa shape index (κ3) is 4.33. The van der Waals surface area contributed by atoms with Gasteiger partial charge in [0.15, 0.2) is 0 Å². The van der Waals surface area contributed by atoms with Gasteiger partial charge in [-0.3, -0.25) is 0 Å². The fraction of sp³-hybridized carbons (Fsp3) is 0. The normalized spacial score (nSPS) is 11.7. The highest BCUT2D eigenvalue weighted by atomic mass is 16.3. The van der Waals surface area contributed by atoms with E-state index in [1.807, 2.05) is 0 Å². The second kappa shape index (κ2) is 11.1. The van der Waals surface area contributed by atoms with E-state index in [9.17, 15) is 0 Å². The van der Waals surface area contributed by atoms with Crippen LogP contribution in [0.4, 0.5) is 0 Å². The number of rotatable bonds is 4. The van der Waals surface area contributed by atoms with E-state index < -0.39 is 0 Å². The lowest BCUT2D eigenvalue weighted by Gasteiger charge is -2.20. The summed E-state index contributed by atoms with van der Waals surface area (Å²) in [5.74, 6) is 0. The van der Waals surface area contributed by atoms with Crippen molar-refractivity contribution in [3.63, 3.8) is 0 Å². The highest BCUT2D eigenvalue weighted by molar-refractivity contribution is 6.27. The first-order chi connectivity index (χ1) is 24.3. The highest BCUT2D eigenvalue weighted by Gasteiger charge is 2.21. The molecule has 1 heterocycles. The molecule has 0 fully saturated rings. The molecule has 0 aliphatic carbocycles. The second-order valence-electron chi connectivity index (χ2n) is 12.8. The summed E-state index contributed by atoms with van der Waals surface area (Å²) in [5.41, 5.74) is 11.6. The van der Waals surface area contributed by atoms with Crippen LogP contribution in [0.2, 0.25) is 0 Å². The molecule has 0 spiro atoms. The summed E-state index contributed by atoms with van der Waals surface area (Å²) < 4.78 is 6.52. The Morgan fingerprint density at radius 1 is 0.265 bits per heavy atom. The van der Waals surface area contributed by atoms with Gasteiger partial charge in [-0.25, -0.2) is 0 Å². The van der Waals surface area contributed by atoms with E-state index in [4.69, 9.17) is 4.42 Å². The fourth-order valence-corrected chi connectivity index (χ4v) is 7.94. The second-order valence-corrected chi connectivity index (χ2v) is 12.8. The largest absolute Gasteiger partial charge is 0.456 e. The van der Waals surface area contributed by atoms with Crippen LogP contribution >= 0.6 is 0 Å². The zero-order valence-electron chi connectivity index (χ0n) is 26.7. The van der Waals surface area contributed by atoms with Crippen LogP contribution in [0.15, 0.2) is 186 Å². The molecule has 0 amide bonds. The molecule has 1 aromatic heterocycles. The van der Waals surface area contributed by atoms with Gasteiger partial charge in [0.1, 0.15) is 11.2 Å². The first-order valence-corrected chi connectivity index (χ1v) is 16.9. The van der Waals surface area contributed by atoms with Crippen molar-refractivity contribution in [2.75, 3.05) is 0 Å². The smallest absolute Gasteiger partial charge is 0.136 e. The summed E-state index contributed by atoms with van der Waals surface area (Å²) in [5, 5.41) is 9.73. The summed E-state index contributed by atoms with van der Waals surface area (Å²) in [6.45, 7) is 0. The molecule has 0 saturated carbocycles. The van der Waals surface area contributed by atoms with Crippen molar-refractivity contribution in [1.82, 2.24) is 0 Å². The zero-order valence-corrected chi connectivity index (χ0v) is 26.7. The lowest BCUT2D eigenvalue weighted by molar-refractivity contribution is 0.669. The van der Waals surface area contributed by atoms with Crippen LogP contribution in [0.3, 0.4) is 0 Å². The van der Waals surface area contributed by atoms with Crippen molar-refractivity contribution in [2.45, 2.75) is 0 Å². The van der Waals surface area contributed by atoms with Crippen LogP contribution in [-0.2, 0) is 0 Å². The first kappa shape index (κ1) is 27.7. The minimum Gasteiger partial charge on any atom is -0.456 e. The standard InChI is InChI=1S/C48H30O/c1-3-14-31(15-4-1)33-26-29-44-43(30-33)48-42(24-13-25-45(48)49-44)47-39-22-11-9-20-37(39)46(38-21-10-12-23-40(38)47)41-28-27-34(32-16-5-2-6-17-32)35-18-7-8-19-36(35)41/h1-30H. The third-order valence-corrected chi connectivity index (χ3v) is 10.1. The molecular formula is C48H30O. The summed E-state index contributed by atoms with van der Waals surface area (Å²) in [7, 11) is 0. The fourth-order valence-electron chi connectivity index (χ4n) is 7.94. The zero-order chi connectivity index (χ0) is 32.3. The molecule has 0 atom stereocenters. The van der Waals surface area contributed by atoms with E-state index >= 15 is 0 Å². The van der Waals surface area contributed by atoms with Crippen molar-refractivity contribution < 1.29 is 4.42 Å². The quantitative estimate of drug-likeness (QED) is 0.178. The van der Waals surface area contributed by atoms with Crippen LogP contribution in [-0.4, -0.2) is 0 Å². The number of benzene rings is 9. The van der Waals surface area contributed by atoms with Crippen molar-refractivity contribution in [1.29, 1.82) is 0 Å². The van der Waals surface area contributed by atoms with E-state index in [0.717, 1.165) is 21.9 Å². The van der Waals surface area contributed by atoms with E-state index in [1.54, 1.807) is 0 Å². The van der Waals surface area contributed by atoms with Gasteiger partial charge in [0.25, 0.3) is 0 Å². The molecule has 0 N–H and O–H groups in total. The van der Waals surface area contributed by atoms with E-state index in [0.29, 0.717) is 0 Å². The summed E-state index contributed by atoms with van der Waals surface area (Å²) in [4.78, 5) is 0. The van der Waals surface area contributed by atoms with Crippen molar-refractivity contribution in [3.05, 3.63) is 182 Å². The maximum Gasteiger partial charge on any atom is 0.136 e. The maximum absolute atomic E-state index is 6.52. The van der Waals surface area contributed by atoms with Crippen LogP contribution in [0, 0.1) is 0 Å². The molecule has 10 aromatic rings. The molecule has 49 heavy (non-hydrogen) atoms. The minimum atomic E-state index is 0.900. The van der Waals surface area contributed by atoms with Gasteiger partial charge in [-0.05, 0) is 95.0 Å². The van der Waals surface area contributed by atoms with Gasteiger partial charge < -0.3 is 4.42 Å². The number of hydrogen-bond donors (Lipinski definition) is 0. The highest BCUT2D eigenvalue weighted by Crippen LogP contribution is 2.48. The van der Waals surface area contributed by atoms with Crippen molar-refractivity contribution >= 4 is 54.3 Å². The SMILES string of the molecule is c1ccc(-c2ccc3oc4cccc(-c5c6ccccc6c(-c6ccc(-c7ccccc7)c7ccccc67)c6ccccc56)c4c3c2)cc1. The minimum absolute atomic E-state index is 0.900. The molecule has 1 nitrogen and oxygen atoms in total. The average Bonchev–Trinajstić information content (AvgIpc) is 3.56. The Hall–Kier alpha value is -6.44. The Morgan fingerprint density at radius 3 is 1.41 bits per heavy atom. The molecule has 228 valence electrons. The van der Waals surface area contributed by atoms with Crippen LogP contribution < -0.4 is 0 Å². The van der Waals surface area contributed by atoms with Crippen LogP contribution in [0.1, 0.15) is 0 Å². The van der Waals surface area contributed by atoms with Gasteiger partial charge in [-0.2, -0.15) is 0 Å². The number of fused-ring (bicyclic) bond motifs is 6. The van der Waals surface area contributed by atoms with Gasteiger partial charge in [0, 0.05) is 10.8 Å². The topological polar surface area (TPSA) is 13.1 Å². The molecular weight excluding hydrogens is 593 g/mol. The summed E-state index contributed by atoms with van der Waals surface area (Å²) in [6.07, 6.45) is 0. The predicted molar refractivity (Wildman–Crippen MR) is 208 cm³/mol. The van der Waals surface area contributed by atoms with Gasteiger partial charge in [0.2, 0.25) is 0 Å². The molecule has 10 rings (SSSR count). The summed E-state index contributed by atoms with van der Waals surface area (Å²) in [6, 6.07) is 65.7. The van der Waals surface area contributed by atoms with Gasteiger partial charge in [-0.15, -0.1) is 0 Å².